The van der Waals surface area contributed by atoms with Crippen molar-refractivity contribution >= 4 is 5.78 Å². The summed E-state index contributed by atoms with van der Waals surface area (Å²) in [5.41, 5.74) is 0.440. The molecule has 0 atom stereocenters. The number of nitrogens with one attached hydrogen (secondary N) is 2. The van der Waals surface area contributed by atoms with E-state index in [1.54, 1.807) is 0 Å². The number of rotatable bonds is 3. The van der Waals surface area contributed by atoms with Crippen LogP contribution in [0.4, 0.5) is 0 Å². The summed E-state index contributed by atoms with van der Waals surface area (Å²) in [6.07, 6.45) is 9.05. The summed E-state index contributed by atoms with van der Waals surface area (Å²) >= 11 is 0. The number of ether oxygens (including phenoxy) is 1. The first-order chi connectivity index (χ1) is 11.5. The van der Waals surface area contributed by atoms with Gasteiger partial charge < -0.3 is 15.4 Å². The van der Waals surface area contributed by atoms with Crippen LogP contribution < -0.4 is 10.6 Å². The maximum atomic E-state index is 10.9. The lowest BCUT2D eigenvalue weighted by Gasteiger charge is -2.33. The summed E-state index contributed by atoms with van der Waals surface area (Å²) in [7, 11) is 1.82. The average molecular weight is 355 g/mol. The van der Waals surface area contributed by atoms with E-state index in [-0.39, 0.29) is 11.1 Å². The van der Waals surface area contributed by atoms with Crippen LogP contribution in [0.5, 0.6) is 0 Å². The number of carbonyl (C=O) groups excluding carboxylic acids is 1. The molecule has 0 bridgehead atoms. The van der Waals surface area contributed by atoms with Crippen LogP contribution in [0.2, 0.25) is 0 Å². The molecule has 2 fully saturated rings. The molecule has 0 aromatic carbocycles. The Kier molecular flexibility index (Phi) is 9.07. The third-order valence-corrected chi connectivity index (χ3v) is 4.83. The van der Waals surface area contributed by atoms with Crippen molar-refractivity contribution in [3.05, 3.63) is 0 Å². The molecule has 25 heavy (non-hydrogen) atoms. The van der Waals surface area contributed by atoms with Gasteiger partial charge in [-0.05, 0) is 80.1 Å². The van der Waals surface area contributed by atoms with E-state index < -0.39 is 0 Å². The molecule has 0 aliphatic heterocycles. The van der Waals surface area contributed by atoms with Gasteiger partial charge in [0.15, 0.2) is 0 Å². The zero-order valence-electron chi connectivity index (χ0n) is 17.7. The summed E-state index contributed by atoms with van der Waals surface area (Å²) in [6.45, 7) is 13.2. The van der Waals surface area contributed by atoms with Crippen molar-refractivity contribution in [2.24, 2.45) is 0 Å². The first-order valence-corrected chi connectivity index (χ1v) is 10.1. The number of ketones is 1. The Morgan fingerprint density at radius 2 is 1.16 bits per heavy atom. The summed E-state index contributed by atoms with van der Waals surface area (Å²) in [6, 6.07) is 1.26. The van der Waals surface area contributed by atoms with Crippen molar-refractivity contribution in [1.82, 2.24) is 10.6 Å². The molecule has 2 aliphatic rings. The number of hydrogen-bond acceptors (Lipinski definition) is 4. The first kappa shape index (κ1) is 22.6. The number of carbonyl (C=O) groups is 1. The highest BCUT2D eigenvalue weighted by atomic mass is 16.5. The predicted molar refractivity (Wildman–Crippen MR) is 106 cm³/mol. The summed E-state index contributed by atoms with van der Waals surface area (Å²) in [5.74, 6) is 0.432. The second-order valence-electron chi connectivity index (χ2n) is 9.81. The summed E-state index contributed by atoms with van der Waals surface area (Å²) in [5, 5.41) is 7.17. The van der Waals surface area contributed by atoms with Crippen molar-refractivity contribution in [1.29, 1.82) is 0 Å². The fourth-order valence-corrected chi connectivity index (χ4v) is 3.75. The lowest BCUT2D eigenvalue weighted by Crippen LogP contribution is -2.45. The molecule has 0 amide bonds. The minimum absolute atomic E-state index is 0.186. The third kappa shape index (κ3) is 11.0. The average Bonchev–Trinajstić information content (AvgIpc) is 2.48. The monoisotopic (exact) mass is 354 g/mol. The molecule has 0 aromatic heterocycles. The Morgan fingerprint density at radius 3 is 1.52 bits per heavy atom. The zero-order valence-corrected chi connectivity index (χ0v) is 17.7. The molecule has 2 saturated carbocycles. The van der Waals surface area contributed by atoms with E-state index in [9.17, 15) is 4.79 Å². The minimum atomic E-state index is 0.186. The molecule has 4 heteroatoms. The first-order valence-electron chi connectivity index (χ1n) is 10.1. The fraction of sp³-hybridized carbons (Fsp3) is 0.952. The van der Waals surface area contributed by atoms with Crippen LogP contribution in [0.25, 0.3) is 0 Å². The lowest BCUT2D eigenvalue weighted by atomic mass is 9.91. The van der Waals surface area contributed by atoms with Crippen molar-refractivity contribution in [2.45, 2.75) is 122 Å². The highest BCUT2D eigenvalue weighted by molar-refractivity contribution is 5.79. The Balaban J connectivity index is 0.000000251. The molecule has 2 aliphatic carbocycles. The Bertz CT molecular complexity index is 378. The summed E-state index contributed by atoms with van der Waals surface area (Å²) in [4.78, 5) is 10.9. The molecular formula is C21H42N2O2. The second kappa shape index (κ2) is 10.0. The topological polar surface area (TPSA) is 50.4 Å². The zero-order chi connectivity index (χ0) is 19.1. The van der Waals surface area contributed by atoms with Crippen molar-refractivity contribution < 1.29 is 9.53 Å². The Morgan fingerprint density at radius 1 is 0.760 bits per heavy atom. The standard InChI is InChI=1S/C11H23NO.C10H19NO/c1-11(2,3)12-9-5-7-10(13-4)8-6-9;1-10(2,3)11-8-4-6-9(12)7-5-8/h9-10,12H,5-8H2,1-4H3;8,11H,4-7H2,1-3H3. The van der Waals surface area contributed by atoms with Gasteiger partial charge in [0.25, 0.3) is 0 Å². The van der Waals surface area contributed by atoms with Crippen LogP contribution >= 0.6 is 0 Å². The molecule has 2 rings (SSSR count). The maximum absolute atomic E-state index is 10.9. The summed E-state index contributed by atoms with van der Waals surface area (Å²) < 4.78 is 5.34. The molecule has 0 heterocycles. The second-order valence-corrected chi connectivity index (χ2v) is 9.81. The van der Waals surface area contributed by atoms with E-state index in [0.717, 1.165) is 25.7 Å². The van der Waals surface area contributed by atoms with Crippen LogP contribution in [-0.2, 0) is 9.53 Å². The number of Topliss-reactive ketones (excluding diaryl/α,β-unsaturated/α-hetero) is 1. The van der Waals surface area contributed by atoms with Crippen molar-refractivity contribution in [3.8, 4) is 0 Å². The van der Waals surface area contributed by atoms with Gasteiger partial charge >= 0.3 is 0 Å². The lowest BCUT2D eigenvalue weighted by molar-refractivity contribution is -0.120. The highest BCUT2D eigenvalue weighted by Gasteiger charge is 2.24. The molecule has 4 nitrogen and oxygen atoms in total. The SMILES string of the molecule is CC(C)(C)NC1CCC(=O)CC1.COC1CCC(NC(C)(C)C)CC1. The quantitative estimate of drug-likeness (QED) is 0.797. The van der Waals surface area contributed by atoms with E-state index in [0.29, 0.717) is 24.0 Å². The number of methoxy groups -OCH3 is 1. The van der Waals surface area contributed by atoms with Crippen LogP contribution in [-0.4, -0.2) is 42.2 Å². The molecule has 0 saturated heterocycles. The maximum Gasteiger partial charge on any atom is 0.133 e. The van der Waals surface area contributed by atoms with Crippen LogP contribution in [0.3, 0.4) is 0 Å². The van der Waals surface area contributed by atoms with Crippen LogP contribution in [0.1, 0.15) is 92.9 Å². The number of hydrogen-bond donors (Lipinski definition) is 2. The van der Waals surface area contributed by atoms with Gasteiger partial charge in [-0.3, -0.25) is 4.79 Å². The molecule has 0 radical (unpaired) electrons. The van der Waals surface area contributed by atoms with E-state index >= 15 is 0 Å². The van der Waals surface area contributed by atoms with Crippen molar-refractivity contribution in [2.75, 3.05) is 7.11 Å². The van der Waals surface area contributed by atoms with Crippen LogP contribution in [0, 0.1) is 0 Å². The molecule has 0 spiro atoms. The molecule has 148 valence electrons. The molecule has 0 aromatic rings. The van der Waals surface area contributed by atoms with Gasteiger partial charge in [-0.15, -0.1) is 0 Å². The smallest absolute Gasteiger partial charge is 0.133 e. The molecule has 0 unspecified atom stereocenters. The largest absolute Gasteiger partial charge is 0.381 e. The highest BCUT2D eigenvalue weighted by Crippen LogP contribution is 2.22. The van der Waals surface area contributed by atoms with Gasteiger partial charge in [0, 0.05) is 43.1 Å². The fourth-order valence-electron chi connectivity index (χ4n) is 3.75. The van der Waals surface area contributed by atoms with E-state index in [1.165, 1.54) is 25.7 Å². The van der Waals surface area contributed by atoms with Gasteiger partial charge in [-0.2, -0.15) is 0 Å². The third-order valence-electron chi connectivity index (χ3n) is 4.83. The van der Waals surface area contributed by atoms with Gasteiger partial charge in [0.1, 0.15) is 5.78 Å². The van der Waals surface area contributed by atoms with Crippen molar-refractivity contribution in [3.63, 3.8) is 0 Å². The Labute approximate surface area is 155 Å². The van der Waals surface area contributed by atoms with Crippen LogP contribution in [0.15, 0.2) is 0 Å². The van der Waals surface area contributed by atoms with Gasteiger partial charge in [-0.1, -0.05) is 0 Å². The van der Waals surface area contributed by atoms with Gasteiger partial charge in [0.05, 0.1) is 6.10 Å². The van der Waals surface area contributed by atoms with Gasteiger partial charge in [0.2, 0.25) is 0 Å². The Hall–Kier alpha value is -0.450. The van der Waals surface area contributed by atoms with Gasteiger partial charge in [-0.25, -0.2) is 0 Å². The van der Waals surface area contributed by atoms with E-state index in [2.05, 4.69) is 52.2 Å². The predicted octanol–water partition coefficient (Wildman–Crippen LogP) is 4.22. The minimum Gasteiger partial charge on any atom is -0.381 e. The molecular weight excluding hydrogens is 312 g/mol. The molecule has 2 N–H and O–H groups in total. The normalized spacial score (nSPS) is 26.1. The van der Waals surface area contributed by atoms with E-state index in [4.69, 9.17) is 4.74 Å². The van der Waals surface area contributed by atoms with E-state index in [1.807, 2.05) is 7.11 Å².